The molecule has 2 aromatic heterocycles. The van der Waals surface area contributed by atoms with Gasteiger partial charge in [0.05, 0.1) is 12.8 Å². The van der Waals surface area contributed by atoms with Gasteiger partial charge in [-0.2, -0.15) is 5.10 Å². The first-order valence-corrected chi connectivity index (χ1v) is 7.98. The third-order valence-corrected chi connectivity index (χ3v) is 3.55. The van der Waals surface area contributed by atoms with Crippen molar-refractivity contribution in [2.45, 2.75) is 6.92 Å². The van der Waals surface area contributed by atoms with Crippen LogP contribution < -0.4 is 10.2 Å². The summed E-state index contributed by atoms with van der Waals surface area (Å²) in [7, 11) is 0. The third-order valence-electron chi connectivity index (χ3n) is 2.97. The molecule has 3 aromatic rings. The Morgan fingerprint density at radius 2 is 2.17 bits per heavy atom. The Kier molecular flexibility index (Phi) is 4.65. The third kappa shape index (κ3) is 3.73. The summed E-state index contributed by atoms with van der Waals surface area (Å²) in [5, 5.41) is 4.64. The molecule has 2 heterocycles. The molecular weight excluding hydrogens is 411 g/mol. The van der Waals surface area contributed by atoms with Crippen LogP contribution in [0.25, 0.3) is 11.0 Å². The Hall–Kier alpha value is -2.29. The molecule has 1 amide bonds. The van der Waals surface area contributed by atoms with E-state index in [-0.39, 0.29) is 5.76 Å². The maximum absolute atomic E-state index is 12.0. The highest BCUT2D eigenvalue weighted by atomic mass is 127. The minimum Gasteiger partial charge on any atom is -0.494 e. The lowest BCUT2D eigenvalue weighted by molar-refractivity contribution is 0.0929. The number of fused-ring (bicyclic) bond motifs is 1. The molecule has 0 atom stereocenters. The van der Waals surface area contributed by atoms with Crippen molar-refractivity contribution in [2.75, 3.05) is 6.61 Å². The van der Waals surface area contributed by atoms with Gasteiger partial charge in [0.1, 0.15) is 17.1 Å². The molecule has 0 saturated heterocycles. The van der Waals surface area contributed by atoms with Crippen LogP contribution in [-0.2, 0) is 0 Å². The number of furan rings is 2. The van der Waals surface area contributed by atoms with Crippen molar-refractivity contribution in [3.8, 4) is 5.75 Å². The normalized spacial score (nSPS) is 11.2. The second-order valence-corrected chi connectivity index (χ2v) is 5.65. The highest BCUT2D eigenvalue weighted by Crippen LogP contribution is 2.24. The molecular formula is C16H13IN2O4. The van der Waals surface area contributed by atoms with Crippen LogP contribution in [-0.4, -0.2) is 18.7 Å². The zero-order chi connectivity index (χ0) is 16.2. The summed E-state index contributed by atoms with van der Waals surface area (Å²) in [4.78, 5) is 12.0. The second kappa shape index (κ2) is 6.86. The lowest BCUT2D eigenvalue weighted by Crippen LogP contribution is -2.16. The van der Waals surface area contributed by atoms with Crippen molar-refractivity contribution in [1.29, 1.82) is 0 Å². The van der Waals surface area contributed by atoms with Gasteiger partial charge < -0.3 is 13.6 Å². The topological polar surface area (TPSA) is 77.0 Å². The molecule has 0 spiro atoms. The molecule has 3 rings (SSSR count). The van der Waals surface area contributed by atoms with Crippen LogP contribution in [0.2, 0.25) is 0 Å². The van der Waals surface area contributed by atoms with E-state index < -0.39 is 5.91 Å². The first kappa shape index (κ1) is 15.6. The number of benzene rings is 1. The number of nitrogens with one attached hydrogen (secondary N) is 1. The Bertz CT molecular complexity index is 866. The summed E-state index contributed by atoms with van der Waals surface area (Å²) in [5.74, 6) is 1.04. The van der Waals surface area contributed by atoms with E-state index in [0.717, 1.165) is 14.9 Å². The molecule has 0 unspecified atom stereocenters. The summed E-state index contributed by atoms with van der Waals surface area (Å²) in [5.41, 5.74) is 3.01. The van der Waals surface area contributed by atoms with Crippen LogP contribution in [0.4, 0.5) is 0 Å². The highest BCUT2D eigenvalue weighted by Gasteiger charge is 2.12. The van der Waals surface area contributed by atoms with Gasteiger partial charge in [-0.25, -0.2) is 5.43 Å². The Balaban J connectivity index is 1.71. The smallest absolute Gasteiger partial charge is 0.307 e. The number of ether oxygens (including phenoxy) is 1. The molecule has 6 nitrogen and oxygen atoms in total. The average molecular weight is 424 g/mol. The predicted molar refractivity (Wildman–Crippen MR) is 93.9 cm³/mol. The van der Waals surface area contributed by atoms with Crippen molar-refractivity contribution >= 4 is 45.7 Å². The zero-order valence-electron chi connectivity index (χ0n) is 12.2. The van der Waals surface area contributed by atoms with Gasteiger partial charge in [0.15, 0.2) is 9.53 Å². The van der Waals surface area contributed by atoms with Crippen molar-refractivity contribution in [1.82, 2.24) is 5.43 Å². The number of hydrogen-bond donors (Lipinski definition) is 1. The van der Waals surface area contributed by atoms with E-state index in [1.54, 1.807) is 30.3 Å². The fraction of sp³-hybridized carbons (Fsp3) is 0.125. The molecule has 118 valence electrons. The molecule has 1 N–H and O–H groups in total. The van der Waals surface area contributed by atoms with Gasteiger partial charge in [-0.1, -0.05) is 0 Å². The van der Waals surface area contributed by atoms with Crippen LogP contribution in [0.3, 0.4) is 0 Å². The molecule has 0 bridgehead atoms. The minimum atomic E-state index is -0.434. The van der Waals surface area contributed by atoms with E-state index in [1.165, 1.54) is 6.21 Å². The number of hydrazone groups is 1. The minimum absolute atomic E-state index is 0.180. The first-order valence-electron chi connectivity index (χ1n) is 6.91. The monoisotopic (exact) mass is 424 g/mol. The van der Waals surface area contributed by atoms with Gasteiger partial charge in [-0.3, -0.25) is 4.79 Å². The average Bonchev–Trinajstić information content (AvgIpc) is 3.13. The lowest BCUT2D eigenvalue weighted by Gasteiger charge is -2.00. The molecule has 0 radical (unpaired) electrons. The number of hydrogen-bond acceptors (Lipinski definition) is 5. The molecule has 0 aliphatic carbocycles. The van der Waals surface area contributed by atoms with Crippen molar-refractivity contribution < 1.29 is 18.4 Å². The Morgan fingerprint density at radius 1 is 1.30 bits per heavy atom. The van der Waals surface area contributed by atoms with Crippen LogP contribution in [0.1, 0.15) is 23.2 Å². The molecule has 23 heavy (non-hydrogen) atoms. The predicted octanol–water partition coefficient (Wildman–Crippen LogP) is 3.79. The summed E-state index contributed by atoms with van der Waals surface area (Å²) in [6, 6.07) is 10.6. The SMILES string of the molecule is CCOc1ccc2oc(C(=O)N/N=C/c3ccc(I)o3)cc2c1. The lowest BCUT2D eigenvalue weighted by atomic mass is 10.2. The maximum Gasteiger partial charge on any atom is 0.307 e. The van der Waals surface area contributed by atoms with Gasteiger partial charge in [-0.15, -0.1) is 0 Å². The standard InChI is InChI=1S/C16H13IN2O4/c1-2-21-11-3-5-13-10(7-11)8-14(23-13)16(20)19-18-9-12-4-6-15(17)22-12/h3-9H,2H2,1H3,(H,19,20)/b18-9+. The molecule has 0 fully saturated rings. The van der Waals surface area contributed by atoms with E-state index in [0.29, 0.717) is 18.0 Å². The summed E-state index contributed by atoms with van der Waals surface area (Å²) < 4.78 is 17.0. The maximum atomic E-state index is 12.0. The Labute approximate surface area is 145 Å². The van der Waals surface area contributed by atoms with Crippen LogP contribution in [0.15, 0.2) is 50.3 Å². The largest absolute Gasteiger partial charge is 0.494 e. The quantitative estimate of drug-likeness (QED) is 0.384. The molecule has 0 aliphatic rings. The van der Waals surface area contributed by atoms with Crippen molar-refractivity contribution in [2.24, 2.45) is 5.10 Å². The van der Waals surface area contributed by atoms with Crippen LogP contribution in [0, 0.1) is 3.77 Å². The fourth-order valence-corrected chi connectivity index (χ4v) is 2.43. The van der Waals surface area contributed by atoms with Gasteiger partial charge in [0.2, 0.25) is 0 Å². The van der Waals surface area contributed by atoms with Gasteiger partial charge in [0.25, 0.3) is 0 Å². The number of carbonyl (C=O) groups is 1. The molecule has 7 heteroatoms. The zero-order valence-corrected chi connectivity index (χ0v) is 14.4. The Morgan fingerprint density at radius 3 is 2.91 bits per heavy atom. The van der Waals surface area contributed by atoms with Crippen molar-refractivity contribution in [3.05, 3.63) is 51.7 Å². The van der Waals surface area contributed by atoms with Crippen molar-refractivity contribution in [3.63, 3.8) is 0 Å². The van der Waals surface area contributed by atoms with Gasteiger partial charge >= 0.3 is 5.91 Å². The molecule has 1 aromatic carbocycles. The number of rotatable bonds is 5. The number of nitrogens with zero attached hydrogens (tertiary/aromatic N) is 1. The second-order valence-electron chi connectivity index (χ2n) is 4.58. The van der Waals surface area contributed by atoms with E-state index >= 15 is 0 Å². The van der Waals surface area contributed by atoms with Crippen LogP contribution in [0.5, 0.6) is 5.75 Å². The highest BCUT2D eigenvalue weighted by molar-refractivity contribution is 14.1. The van der Waals surface area contributed by atoms with E-state index in [4.69, 9.17) is 13.6 Å². The summed E-state index contributed by atoms with van der Waals surface area (Å²) in [6.45, 7) is 2.49. The number of carbonyl (C=O) groups excluding carboxylic acids is 1. The van der Waals surface area contributed by atoms with E-state index in [2.05, 4.69) is 33.1 Å². The first-order chi connectivity index (χ1) is 11.2. The van der Waals surface area contributed by atoms with Gasteiger partial charge in [0, 0.05) is 5.39 Å². The molecule has 0 saturated carbocycles. The number of halogens is 1. The summed E-state index contributed by atoms with van der Waals surface area (Å²) in [6.07, 6.45) is 1.43. The number of amides is 1. The summed E-state index contributed by atoms with van der Waals surface area (Å²) >= 11 is 2.05. The van der Waals surface area contributed by atoms with Gasteiger partial charge in [-0.05, 0) is 65.9 Å². The van der Waals surface area contributed by atoms with E-state index in [9.17, 15) is 4.79 Å². The van der Waals surface area contributed by atoms with E-state index in [1.807, 2.05) is 13.0 Å². The molecule has 0 aliphatic heterocycles. The fourth-order valence-electron chi connectivity index (χ4n) is 2.00. The van der Waals surface area contributed by atoms with Crippen LogP contribution >= 0.6 is 22.6 Å².